The van der Waals surface area contributed by atoms with Crippen LogP contribution >= 0.6 is 0 Å². The maximum atomic E-state index is 13.8. The fourth-order valence-corrected chi connectivity index (χ4v) is 1.77. The van der Waals surface area contributed by atoms with Crippen LogP contribution in [0.25, 0.3) is 5.57 Å². The molecule has 0 aliphatic heterocycles. The summed E-state index contributed by atoms with van der Waals surface area (Å²) in [4.78, 5) is 11.8. The number of aromatic nitrogens is 2. The lowest BCUT2D eigenvalue weighted by Gasteiger charge is -2.06. The van der Waals surface area contributed by atoms with Gasteiger partial charge in [0, 0.05) is 11.6 Å². The fraction of sp³-hybridized carbons (Fsp3) is 0.125. The molecule has 5 nitrogen and oxygen atoms in total. The molecule has 0 aliphatic rings. The SMILES string of the molecule is C=C(C)c1ccc(CC(=O)Oc2ccc(C#N)nn2)cc1F. The van der Waals surface area contributed by atoms with Crippen LogP contribution in [0.5, 0.6) is 5.88 Å². The first-order valence-electron chi connectivity index (χ1n) is 6.38. The number of benzene rings is 1. The second kappa shape index (κ2) is 6.59. The molecule has 0 spiro atoms. The number of esters is 1. The number of hydrogen-bond acceptors (Lipinski definition) is 5. The van der Waals surface area contributed by atoms with Crippen LogP contribution in [0.1, 0.15) is 23.7 Å². The summed E-state index contributed by atoms with van der Waals surface area (Å²) in [5.41, 5.74) is 1.63. The number of ether oxygens (including phenoxy) is 1. The van der Waals surface area contributed by atoms with Gasteiger partial charge in [-0.2, -0.15) is 5.26 Å². The van der Waals surface area contributed by atoms with E-state index in [1.165, 1.54) is 18.2 Å². The predicted molar refractivity (Wildman–Crippen MR) is 77.2 cm³/mol. The second-order valence-corrected chi connectivity index (χ2v) is 4.61. The number of carbonyl (C=O) groups is 1. The molecule has 0 fully saturated rings. The molecule has 0 unspecified atom stereocenters. The van der Waals surface area contributed by atoms with E-state index in [1.807, 2.05) is 0 Å². The largest absolute Gasteiger partial charge is 0.406 e. The summed E-state index contributed by atoms with van der Waals surface area (Å²) in [6.45, 7) is 5.38. The van der Waals surface area contributed by atoms with E-state index in [9.17, 15) is 9.18 Å². The van der Waals surface area contributed by atoms with Crippen molar-refractivity contribution >= 4 is 11.5 Å². The first kappa shape index (κ1) is 15.3. The summed E-state index contributed by atoms with van der Waals surface area (Å²) in [5, 5.41) is 15.7. The molecule has 110 valence electrons. The standard InChI is InChI=1S/C16H12FN3O2/c1-10(2)13-5-3-11(7-14(13)17)8-16(21)22-15-6-4-12(9-18)19-20-15/h3-7H,1,8H2,2H3. The second-order valence-electron chi connectivity index (χ2n) is 4.61. The van der Waals surface area contributed by atoms with Crippen molar-refractivity contribution < 1.29 is 13.9 Å². The van der Waals surface area contributed by atoms with Crippen LogP contribution in [0.15, 0.2) is 36.9 Å². The third-order valence-electron chi connectivity index (χ3n) is 2.81. The predicted octanol–water partition coefficient (Wildman–Crippen LogP) is 2.67. The van der Waals surface area contributed by atoms with Crippen LogP contribution in [-0.2, 0) is 11.2 Å². The van der Waals surface area contributed by atoms with E-state index >= 15 is 0 Å². The van der Waals surface area contributed by atoms with Gasteiger partial charge in [-0.05, 0) is 30.2 Å². The van der Waals surface area contributed by atoms with E-state index in [0.29, 0.717) is 16.7 Å². The van der Waals surface area contributed by atoms with Crippen LogP contribution in [-0.4, -0.2) is 16.2 Å². The van der Waals surface area contributed by atoms with Crippen molar-refractivity contribution in [1.29, 1.82) is 5.26 Å². The van der Waals surface area contributed by atoms with Gasteiger partial charge in [0.15, 0.2) is 5.69 Å². The van der Waals surface area contributed by atoms with Gasteiger partial charge in [0.2, 0.25) is 5.88 Å². The van der Waals surface area contributed by atoms with Crippen molar-refractivity contribution in [2.75, 3.05) is 0 Å². The zero-order valence-electron chi connectivity index (χ0n) is 11.8. The molecule has 1 aromatic heterocycles. The van der Waals surface area contributed by atoms with Gasteiger partial charge in [0.25, 0.3) is 0 Å². The molecular weight excluding hydrogens is 285 g/mol. The van der Waals surface area contributed by atoms with E-state index in [-0.39, 0.29) is 18.0 Å². The van der Waals surface area contributed by atoms with E-state index in [1.54, 1.807) is 25.1 Å². The minimum absolute atomic E-state index is 0.0111. The molecule has 2 aromatic rings. The highest BCUT2D eigenvalue weighted by Crippen LogP contribution is 2.18. The molecular formula is C16H12FN3O2. The Morgan fingerprint density at radius 3 is 2.68 bits per heavy atom. The quantitative estimate of drug-likeness (QED) is 0.811. The molecule has 1 aromatic carbocycles. The highest BCUT2D eigenvalue weighted by atomic mass is 19.1. The van der Waals surface area contributed by atoms with Gasteiger partial charge in [-0.1, -0.05) is 18.7 Å². The number of rotatable bonds is 4. The third kappa shape index (κ3) is 3.73. The molecule has 1 heterocycles. The minimum atomic E-state index is -0.596. The van der Waals surface area contributed by atoms with E-state index < -0.39 is 11.8 Å². The Kier molecular flexibility index (Phi) is 4.59. The van der Waals surface area contributed by atoms with E-state index in [4.69, 9.17) is 10.00 Å². The Morgan fingerprint density at radius 1 is 1.36 bits per heavy atom. The van der Waals surface area contributed by atoms with Crippen molar-refractivity contribution in [3.8, 4) is 11.9 Å². The lowest BCUT2D eigenvalue weighted by atomic mass is 10.0. The number of halogens is 1. The summed E-state index contributed by atoms with van der Waals surface area (Å²) in [5.74, 6) is -1.04. The van der Waals surface area contributed by atoms with Gasteiger partial charge in [-0.25, -0.2) is 4.39 Å². The van der Waals surface area contributed by atoms with Gasteiger partial charge < -0.3 is 4.74 Å². The van der Waals surface area contributed by atoms with Crippen molar-refractivity contribution in [1.82, 2.24) is 10.2 Å². The normalized spacial score (nSPS) is 9.86. The number of allylic oxidation sites excluding steroid dienone is 1. The molecule has 0 radical (unpaired) electrons. The lowest BCUT2D eigenvalue weighted by molar-refractivity contribution is -0.133. The highest BCUT2D eigenvalue weighted by molar-refractivity contribution is 5.75. The number of hydrogen-bond donors (Lipinski definition) is 0. The smallest absolute Gasteiger partial charge is 0.317 e. The lowest BCUT2D eigenvalue weighted by Crippen LogP contribution is -2.12. The van der Waals surface area contributed by atoms with Crippen LogP contribution in [0.3, 0.4) is 0 Å². The molecule has 0 saturated carbocycles. The molecule has 0 saturated heterocycles. The number of nitriles is 1. The summed E-state index contributed by atoms with van der Waals surface area (Å²) in [6.07, 6.45) is -0.102. The molecule has 22 heavy (non-hydrogen) atoms. The van der Waals surface area contributed by atoms with Crippen molar-refractivity contribution in [3.63, 3.8) is 0 Å². The fourth-order valence-electron chi connectivity index (χ4n) is 1.77. The van der Waals surface area contributed by atoms with Gasteiger partial charge in [-0.15, -0.1) is 10.2 Å². The summed E-state index contributed by atoms with van der Waals surface area (Å²) < 4.78 is 18.8. The average Bonchev–Trinajstić information content (AvgIpc) is 2.47. The maximum absolute atomic E-state index is 13.8. The number of nitrogens with zero attached hydrogens (tertiary/aromatic N) is 3. The van der Waals surface area contributed by atoms with E-state index in [0.717, 1.165) is 0 Å². The first-order chi connectivity index (χ1) is 10.5. The van der Waals surface area contributed by atoms with Crippen LogP contribution in [0.2, 0.25) is 0 Å². The monoisotopic (exact) mass is 297 g/mol. The zero-order chi connectivity index (χ0) is 16.1. The Balaban J connectivity index is 2.04. The van der Waals surface area contributed by atoms with Gasteiger partial charge in [0.1, 0.15) is 11.9 Å². The van der Waals surface area contributed by atoms with Crippen LogP contribution in [0.4, 0.5) is 4.39 Å². The maximum Gasteiger partial charge on any atom is 0.317 e. The summed E-state index contributed by atoms with van der Waals surface area (Å²) >= 11 is 0. The van der Waals surface area contributed by atoms with Crippen molar-refractivity contribution in [3.05, 3.63) is 59.5 Å². The van der Waals surface area contributed by atoms with Gasteiger partial charge >= 0.3 is 5.97 Å². The summed E-state index contributed by atoms with van der Waals surface area (Å²) in [6, 6.07) is 9.04. The van der Waals surface area contributed by atoms with Crippen LogP contribution < -0.4 is 4.74 Å². The van der Waals surface area contributed by atoms with Gasteiger partial charge in [-0.3, -0.25) is 4.79 Å². The molecule has 0 N–H and O–H groups in total. The number of carbonyl (C=O) groups excluding carboxylic acids is 1. The zero-order valence-corrected chi connectivity index (χ0v) is 11.8. The average molecular weight is 297 g/mol. The molecule has 2 rings (SSSR count). The topological polar surface area (TPSA) is 75.9 Å². The Labute approximate surface area is 126 Å². The Morgan fingerprint density at radius 2 is 2.14 bits per heavy atom. The minimum Gasteiger partial charge on any atom is -0.406 e. The third-order valence-corrected chi connectivity index (χ3v) is 2.81. The Bertz CT molecular complexity index is 764. The molecule has 6 heteroatoms. The van der Waals surface area contributed by atoms with Crippen molar-refractivity contribution in [2.45, 2.75) is 13.3 Å². The molecule has 0 atom stereocenters. The molecule has 0 amide bonds. The first-order valence-corrected chi connectivity index (χ1v) is 6.38. The van der Waals surface area contributed by atoms with Gasteiger partial charge in [0.05, 0.1) is 6.42 Å². The Hall–Kier alpha value is -3.07. The molecule has 0 aliphatic carbocycles. The van der Waals surface area contributed by atoms with E-state index in [2.05, 4.69) is 16.8 Å². The highest BCUT2D eigenvalue weighted by Gasteiger charge is 2.10. The van der Waals surface area contributed by atoms with Crippen LogP contribution in [0, 0.1) is 17.1 Å². The van der Waals surface area contributed by atoms with Crippen molar-refractivity contribution in [2.24, 2.45) is 0 Å². The molecule has 0 bridgehead atoms. The summed E-state index contributed by atoms with van der Waals surface area (Å²) in [7, 11) is 0.